The fourth-order valence-corrected chi connectivity index (χ4v) is 6.04. The number of carbonyl (C=O) groups excluding carboxylic acids is 1. The van der Waals surface area contributed by atoms with Gasteiger partial charge in [-0.1, -0.05) is 54.6 Å². The third-order valence-corrected chi connectivity index (χ3v) is 8.33. The quantitative estimate of drug-likeness (QED) is 0.723. The Balaban J connectivity index is 1.49. The van der Waals surface area contributed by atoms with E-state index in [1.165, 1.54) is 4.31 Å². The van der Waals surface area contributed by atoms with Gasteiger partial charge in [0.15, 0.2) is 0 Å². The highest BCUT2D eigenvalue weighted by atomic mass is 32.2. The topological polar surface area (TPSA) is 92.9 Å². The molecule has 2 N–H and O–H groups in total. The summed E-state index contributed by atoms with van der Waals surface area (Å²) >= 11 is 0. The van der Waals surface area contributed by atoms with E-state index in [2.05, 4.69) is 24.3 Å². The molecule has 2 heterocycles. The van der Waals surface area contributed by atoms with E-state index in [4.69, 9.17) is 9.88 Å². The van der Waals surface area contributed by atoms with Crippen LogP contribution in [-0.2, 0) is 26.2 Å². The molecule has 8 heteroatoms. The first-order valence-corrected chi connectivity index (χ1v) is 12.6. The third-order valence-electron chi connectivity index (χ3n) is 7.30. The van der Waals surface area contributed by atoms with E-state index in [0.29, 0.717) is 26.0 Å². The van der Waals surface area contributed by atoms with Crippen molar-refractivity contribution in [3.63, 3.8) is 0 Å². The number of carbonyl (C=O) groups is 1. The first-order chi connectivity index (χ1) is 15.3. The molecule has 170 valence electrons. The van der Waals surface area contributed by atoms with E-state index >= 15 is 0 Å². The van der Waals surface area contributed by atoms with E-state index in [-0.39, 0.29) is 23.4 Å². The van der Waals surface area contributed by atoms with Crippen LogP contribution in [0.1, 0.15) is 24.8 Å². The Labute approximate surface area is 189 Å². The lowest BCUT2D eigenvalue weighted by Gasteiger charge is -2.36. The molecule has 1 aliphatic carbocycles. The molecule has 0 unspecified atom stereocenters. The van der Waals surface area contributed by atoms with Gasteiger partial charge in [-0.05, 0) is 36.0 Å². The number of amides is 1. The highest BCUT2D eigenvalue weighted by Crippen LogP contribution is 2.57. The van der Waals surface area contributed by atoms with Crippen molar-refractivity contribution >= 4 is 16.1 Å². The average Bonchev–Trinajstić information content (AvgIpc) is 3.43. The van der Waals surface area contributed by atoms with Crippen molar-refractivity contribution in [3.8, 4) is 11.1 Å². The highest BCUT2D eigenvalue weighted by molar-refractivity contribution is 7.86. The van der Waals surface area contributed by atoms with Gasteiger partial charge in [0.25, 0.3) is 16.1 Å². The minimum Gasteiger partial charge on any atom is -0.368 e. The third kappa shape index (κ3) is 3.85. The second-order valence-corrected chi connectivity index (χ2v) is 10.9. The van der Waals surface area contributed by atoms with Crippen LogP contribution in [0.3, 0.4) is 0 Å². The van der Waals surface area contributed by atoms with E-state index in [1.807, 2.05) is 35.2 Å². The second kappa shape index (κ2) is 7.95. The van der Waals surface area contributed by atoms with Crippen molar-refractivity contribution in [2.45, 2.75) is 43.9 Å². The maximum absolute atomic E-state index is 13.3. The van der Waals surface area contributed by atoms with Crippen LogP contribution in [0.2, 0.25) is 0 Å². The number of likely N-dealkylation sites (N-methyl/N-ethyl adjacent to an activating group) is 1. The summed E-state index contributed by atoms with van der Waals surface area (Å²) < 4.78 is 31.4. The zero-order valence-electron chi connectivity index (χ0n) is 18.2. The minimum absolute atomic E-state index is 0.0305. The van der Waals surface area contributed by atoms with Gasteiger partial charge in [-0.2, -0.15) is 12.7 Å². The molecule has 1 spiro atoms. The SMILES string of the molecule is CN([C@@H]1[C@H](Cc2cccc(-c3ccccc3)c2)N(C(=O)[C@H]2CCO2)CC12CC2)S(N)(=O)=O. The summed E-state index contributed by atoms with van der Waals surface area (Å²) in [4.78, 5) is 15.1. The fourth-order valence-electron chi connectivity index (χ4n) is 5.36. The number of nitrogens with zero attached hydrogens (tertiary/aromatic N) is 2. The molecule has 3 atom stereocenters. The van der Waals surface area contributed by atoms with Crippen LogP contribution in [0.15, 0.2) is 54.6 Å². The lowest BCUT2D eigenvalue weighted by atomic mass is 9.91. The Morgan fingerprint density at radius 1 is 1.16 bits per heavy atom. The lowest BCUT2D eigenvalue weighted by molar-refractivity contribution is -0.157. The fraction of sp³-hybridized carbons (Fsp3) is 0.458. The molecule has 2 saturated heterocycles. The van der Waals surface area contributed by atoms with Gasteiger partial charge < -0.3 is 9.64 Å². The van der Waals surface area contributed by atoms with Crippen molar-refractivity contribution in [1.29, 1.82) is 0 Å². The molecule has 2 aromatic rings. The first-order valence-electron chi connectivity index (χ1n) is 11.1. The minimum atomic E-state index is -3.89. The average molecular weight is 456 g/mol. The standard InChI is InChI=1S/C24H29N3O4S/c1-26(32(25,29)30)22-20(27(16-24(22)11-12-24)23(28)21-10-13-31-21)15-17-6-5-9-19(14-17)18-7-3-2-4-8-18/h2-9,14,20-22H,10-13,15-16H2,1H3,(H2,25,29,30)/t20-,21+,22+/m0/s1. The van der Waals surface area contributed by atoms with Crippen molar-refractivity contribution < 1.29 is 17.9 Å². The number of likely N-dealkylation sites (tertiary alicyclic amines) is 1. The number of nitrogens with two attached hydrogens (primary N) is 1. The molecule has 1 saturated carbocycles. The van der Waals surface area contributed by atoms with Crippen molar-refractivity contribution in [3.05, 3.63) is 60.2 Å². The molecule has 0 aromatic heterocycles. The van der Waals surface area contributed by atoms with Crippen LogP contribution < -0.4 is 5.14 Å². The zero-order chi connectivity index (χ0) is 22.5. The molecule has 5 rings (SSSR count). The van der Waals surface area contributed by atoms with Crippen molar-refractivity contribution in [1.82, 2.24) is 9.21 Å². The molecule has 2 aliphatic heterocycles. The summed E-state index contributed by atoms with van der Waals surface area (Å²) in [6.07, 6.45) is 2.66. The van der Waals surface area contributed by atoms with Crippen LogP contribution in [-0.4, -0.2) is 61.9 Å². The summed E-state index contributed by atoms with van der Waals surface area (Å²) in [5.74, 6) is -0.0305. The normalized spacial score (nSPS) is 26.3. The van der Waals surface area contributed by atoms with Gasteiger partial charge >= 0.3 is 0 Å². The molecule has 1 amide bonds. The Morgan fingerprint density at radius 2 is 1.84 bits per heavy atom. The summed E-state index contributed by atoms with van der Waals surface area (Å²) in [5, 5.41) is 5.55. The zero-order valence-corrected chi connectivity index (χ0v) is 19.0. The monoisotopic (exact) mass is 455 g/mol. The van der Waals surface area contributed by atoms with Gasteiger partial charge in [0.05, 0.1) is 18.7 Å². The van der Waals surface area contributed by atoms with Gasteiger partial charge in [0, 0.05) is 25.4 Å². The van der Waals surface area contributed by atoms with E-state index in [9.17, 15) is 13.2 Å². The molecule has 0 bridgehead atoms. The summed E-state index contributed by atoms with van der Waals surface area (Å²) in [6.45, 7) is 1.15. The maximum atomic E-state index is 13.3. The molecule has 2 aromatic carbocycles. The number of benzene rings is 2. The number of rotatable bonds is 6. The molecule has 7 nitrogen and oxygen atoms in total. The number of hydrogen-bond acceptors (Lipinski definition) is 4. The van der Waals surface area contributed by atoms with Gasteiger partial charge in [-0.25, -0.2) is 5.14 Å². The number of hydrogen-bond donors (Lipinski definition) is 1. The van der Waals surface area contributed by atoms with Crippen LogP contribution in [0, 0.1) is 5.41 Å². The Kier molecular flexibility index (Phi) is 5.36. The Bertz CT molecular complexity index is 1110. The van der Waals surface area contributed by atoms with Crippen molar-refractivity contribution in [2.75, 3.05) is 20.2 Å². The Hall–Kier alpha value is -2.26. The smallest absolute Gasteiger partial charge is 0.276 e. The molecule has 3 fully saturated rings. The van der Waals surface area contributed by atoms with E-state index < -0.39 is 16.3 Å². The molecular weight excluding hydrogens is 426 g/mol. The van der Waals surface area contributed by atoms with Crippen molar-refractivity contribution in [2.24, 2.45) is 10.6 Å². The predicted molar refractivity (Wildman–Crippen MR) is 122 cm³/mol. The van der Waals surface area contributed by atoms with E-state index in [1.54, 1.807) is 7.05 Å². The van der Waals surface area contributed by atoms with Crippen LogP contribution >= 0.6 is 0 Å². The molecule has 3 aliphatic rings. The molecular formula is C24H29N3O4S. The van der Waals surface area contributed by atoms with E-state index in [0.717, 1.165) is 29.5 Å². The first kappa shape index (κ1) is 21.6. The van der Waals surface area contributed by atoms with Gasteiger partial charge in [0.2, 0.25) is 0 Å². The highest BCUT2D eigenvalue weighted by Gasteiger charge is 2.63. The molecule has 0 radical (unpaired) electrons. The van der Waals surface area contributed by atoms with Crippen LogP contribution in [0.5, 0.6) is 0 Å². The summed E-state index contributed by atoms with van der Waals surface area (Å²) in [6, 6.07) is 17.7. The summed E-state index contributed by atoms with van der Waals surface area (Å²) in [7, 11) is -2.35. The second-order valence-electron chi connectivity index (χ2n) is 9.32. The van der Waals surface area contributed by atoms with Gasteiger partial charge in [0.1, 0.15) is 6.10 Å². The van der Waals surface area contributed by atoms with Crippen LogP contribution in [0.4, 0.5) is 0 Å². The molecule has 32 heavy (non-hydrogen) atoms. The summed E-state index contributed by atoms with van der Waals surface area (Å²) in [5.41, 5.74) is 3.06. The van der Waals surface area contributed by atoms with Gasteiger partial charge in [-0.15, -0.1) is 0 Å². The lowest BCUT2D eigenvalue weighted by Crippen LogP contribution is -2.54. The predicted octanol–water partition coefficient (Wildman–Crippen LogP) is 2.18. The maximum Gasteiger partial charge on any atom is 0.276 e. The largest absolute Gasteiger partial charge is 0.368 e. The van der Waals surface area contributed by atoms with Gasteiger partial charge in [-0.3, -0.25) is 4.79 Å². The van der Waals surface area contributed by atoms with Crippen LogP contribution in [0.25, 0.3) is 11.1 Å². The number of ether oxygens (including phenoxy) is 1. The Morgan fingerprint density at radius 3 is 2.44 bits per heavy atom.